The van der Waals surface area contributed by atoms with Gasteiger partial charge in [0.1, 0.15) is 11.4 Å². The van der Waals surface area contributed by atoms with Crippen LogP contribution in [0.3, 0.4) is 0 Å². The second kappa shape index (κ2) is 4.26. The van der Waals surface area contributed by atoms with E-state index in [9.17, 15) is 5.11 Å². The van der Waals surface area contributed by atoms with Crippen molar-refractivity contribution in [2.24, 2.45) is 4.99 Å². The van der Waals surface area contributed by atoms with E-state index in [2.05, 4.69) is 22.4 Å². The number of aliphatic imine (C=N–C) groups is 1. The molecule has 3 rings (SSSR count). The topological polar surface area (TPSA) is 44.6 Å². The molecule has 94 valence electrons. The Balaban J connectivity index is 0.00000120. The van der Waals surface area contributed by atoms with Crippen LogP contribution in [0.15, 0.2) is 41.4 Å². The molecular formula is C14H15ClN2O. The van der Waals surface area contributed by atoms with E-state index in [4.69, 9.17) is 0 Å². The molecule has 1 heterocycles. The van der Waals surface area contributed by atoms with Crippen LogP contribution in [0.5, 0.6) is 0 Å². The lowest BCUT2D eigenvalue weighted by Gasteiger charge is -2.26. The summed E-state index contributed by atoms with van der Waals surface area (Å²) in [7, 11) is 0. The number of nitrogens with one attached hydrogen (secondary N) is 1. The van der Waals surface area contributed by atoms with Crippen LogP contribution in [-0.2, 0) is 0 Å². The van der Waals surface area contributed by atoms with Gasteiger partial charge in [-0.05, 0) is 31.4 Å². The van der Waals surface area contributed by atoms with Gasteiger partial charge in [0.25, 0.3) is 0 Å². The average molecular weight is 263 g/mol. The van der Waals surface area contributed by atoms with Crippen LogP contribution in [0.1, 0.15) is 13.8 Å². The van der Waals surface area contributed by atoms with Crippen LogP contribution >= 0.6 is 12.4 Å². The number of aliphatic hydroxyl groups is 1. The number of anilines is 1. The van der Waals surface area contributed by atoms with Crippen molar-refractivity contribution in [2.75, 3.05) is 5.32 Å². The Morgan fingerprint density at radius 3 is 2.44 bits per heavy atom. The molecule has 0 saturated heterocycles. The fourth-order valence-corrected chi connectivity index (χ4v) is 2.08. The maximum Gasteiger partial charge on any atom is 0.138 e. The van der Waals surface area contributed by atoms with Crippen molar-refractivity contribution in [2.45, 2.75) is 19.4 Å². The molecular weight excluding hydrogens is 248 g/mol. The van der Waals surface area contributed by atoms with Crippen molar-refractivity contribution in [1.82, 2.24) is 0 Å². The smallest absolute Gasteiger partial charge is 0.138 e. The van der Waals surface area contributed by atoms with Crippen molar-refractivity contribution >= 4 is 40.4 Å². The summed E-state index contributed by atoms with van der Waals surface area (Å²) in [5.41, 5.74) is 0.953. The summed E-state index contributed by atoms with van der Waals surface area (Å²) in [6.07, 6.45) is 0. The third-order valence-corrected chi connectivity index (χ3v) is 2.95. The summed E-state index contributed by atoms with van der Waals surface area (Å²) < 4.78 is 0. The third kappa shape index (κ3) is 1.96. The van der Waals surface area contributed by atoms with Gasteiger partial charge in [0.05, 0.1) is 5.69 Å². The van der Waals surface area contributed by atoms with Crippen LogP contribution in [0.25, 0.3) is 10.8 Å². The van der Waals surface area contributed by atoms with Crippen molar-refractivity contribution in [3.05, 3.63) is 36.4 Å². The molecule has 0 radical (unpaired) electrons. The first-order chi connectivity index (χ1) is 8.05. The van der Waals surface area contributed by atoms with E-state index in [1.54, 1.807) is 13.8 Å². The van der Waals surface area contributed by atoms with Crippen molar-refractivity contribution in [3.63, 3.8) is 0 Å². The Morgan fingerprint density at radius 2 is 1.78 bits per heavy atom. The van der Waals surface area contributed by atoms with Gasteiger partial charge in [-0.2, -0.15) is 0 Å². The number of hydrogen-bond acceptors (Lipinski definition) is 3. The number of rotatable bonds is 1. The van der Waals surface area contributed by atoms with E-state index in [1.165, 1.54) is 0 Å². The maximum absolute atomic E-state index is 10.0. The number of halogens is 1. The normalized spacial score (nSPS) is 13.6. The molecule has 0 fully saturated rings. The van der Waals surface area contributed by atoms with Gasteiger partial charge in [-0.1, -0.05) is 24.3 Å². The van der Waals surface area contributed by atoms with Crippen molar-refractivity contribution in [1.29, 1.82) is 0 Å². The quantitative estimate of drug-likeness (QED) is 0.826. The Hall–Kier alpha value is -1.58. The predicted molar refractivity (Wildman–Crippen MR) is 78.2 cm³/mol. The molecule has 0 bridgehead atoms. The van der Waals surface area contributed by atoms with Gasteiger partial charge >= 0.3 is 0 Å². The van der Waals surface area contributed by atoms with Crippen molar-refractivity contribution in [3.8, 4) is 0 Å². The van der Waals surface area contributed by atoms with Gasteiger partial charge in [0.15, 0.2) is 0 Å². The van der Waals surface area contributed by atoms with Crippen LogP contribution in [0.2, 0.25) is 0 Å². The summed E-state index contributed by atoms with van der Waals surface area (Å²) in [6.45, 7) is 3.46. The minimum absolute atomic E-state index is 0. The molecule has 0 atom stereocenters. The minimum atomic E-state index is -0.963. The first kappa shape index (κ1) is 12.9. The highest BCUT2D eigenvalue weighted by Crippen LogP contribution is 2.36. The summed E-state index contributed by atoms with van der Waals surface area (Å²) in [5, 5.41) is 15.5. The zero-order chi connectivity index (χ0) is 12.0. The SMILES string of the molecule is CC(C)(O)C1=Nc2cccc3cccc(c23)N1.Cl. The lowest BCUT2D eigenvalue weighted by atomic mass is 10.0. The fraction of sp³-hybridized carbons (Fsp3) is 0.214. The van der Waals surface area contributed by atoms with E-state index in [-0.39, 0.29) is 12.4 Å². The molecule has 1 aliphatic heterocycles. The molecule has 0 saturated carbocycles. The monoisotopic (exact) mass is 262 g/mol. The molecule has 2 aromatic carbocycles. The first-order valence-corrected chi connectivity index (χ1v) is 5.66. The lowest BCUT2D eigenvalue weighted by molar-refractivity contribution is 0.154. The maximum atomic E-state index is 10.0. The number of nitrogens with zero attached hydrogens (tertiary/aromatic N) is 1. The fourth-order valence-electron chi connectivity index (χ4n) is 2.08. The molecule has 2 N–H and O–H groups in total. The Morgan fingerprint density at radius 1 is 1.11 bits per heavy atom. The molecule has 0 spiro atoms. The molecule has 0 aromatic heterocycles. The molecule has 4 heteroatoms. The lowest BCUT2D eigenvalue weighted by Crippen LogP contribution is -2.37. The Labute approximate surface area is 112 Å². The van der Waals surface area contributed by atoms with E-state index in [0.717, 1.165) is 22.1 Å². The molecule has 0 unspecified atom stereocenters. The molecule has 3 nitrogen and oxygen atoms in total. The summed E-state index contributed by atoms with van der Waals surface area (Å²) in [4.78, 5) is 4.49. The third-order valence-electron chi connectivity index (χ3n) is 2.95. The molecule has 2 aromatic rings. The highest BCUT2D eigenvalue weighted by atomic mass is 35.5. The highest BCUT2D eigenvalue weighted by molar-refractivity contribution is 6.15. The van der Waals surface area contributed by atoms with Gasteiger partial charge in [-0.25, -0.2) is 4.99 Å². The number of amidine groups is 1. The first-order valence-electron chi connectivity index (χ1n) is 5.66. The zero-order valence-electron chi connectivity index (χ0n) is 10.3. The highest BCUT2D eigenvalue weighted by Gasteiger charge is 2.25. The summed E-state index contributed by atoms with van der Waals surface area (Å²) in [6, 6.07) is 12.1. The van der Waals surface area contributed by atoms with Crippen LogP contribution < -0.4 is 5.32 Å². The standard InChI is InChI=1S/C14H14N2O.ClH/c1-14(2,17)13-15-10-7-3-5-9-6-4-8-11(16-13)12(9)10;/h3-8,17H,1-2H3,(H,15,16);1H. The molecule has 18 heavy (non-hydrogen) atoms. The summed E-state index contributed by atoms with van der Waals surface area (Å²) in [5.74, 6) is 0.587. The number of hydrogen-bond donors (Lipinski definition) is 2. The molecule has 0 aliphatic carbocycles. The largest absolute Gasteiger partial charge is 0.383 e. The van der Waals surface area contributed by atoms with Gasteiger partial charge in [0, 0.05) is 11.1 Å². The van der Waals surface area contributed by atoms with Crippen LogP contribution in [0.4, 0.5) is 11.4 Å². The summed E-state index contributed by atoms with van der Waals surface area (Å²) >= 11 is 0. The Kier molecular flexibility index (Phi) is 3.05. The van der Waals surface area contributed by atoms with Gasteiger partial charge < -0.3 is 10.4 Å². The zero-order valence-corrected chi connectivity index (χ0v) is 11.1. The Bertz CT molecular complexity index is 624. The molecule has 0 amide bonds. The van der Waals surface area contributed by atoms with E-state index in [0.29, 0.717) is 5.84 Å². The van der Waals surface area contributed by atoms with E-state index < -0.39 is 5.60 Å². The minimum Gasteiger partial charge on any atom is -0.383 e. The van der Waals surface area contributed by atoms with E-state index >= 15 is 0 Å². The molecule has 1 aliphatic rings. The van der Waals surface area contributed by atoms with Crippen LogP contribution in [0, 0.1) is 0 Å². The second-order valence-electron chi connectivity index (χ2n) is 4.83. The van der Waals surface area contributed by atoms with Gasteiger partial charge in [-0.15, -0.1) is 12.4 Å². The number of benzene rings is 2. The van der Waals surface area contributed by atoms with Crippen molar-refractivity contribution < 1.29 is 5.11 Å². The van der Waals surface area contributed by atoms with E-state index in [1.807, 2.05) is 24.3 Å². The predicted octanol–water partition coefficient (Wildman–Crippen LogP) is 3.49. The van der Waals surface area contributed by atoms with Gasteiger partial charge in [0.2, 0.25) is 0 Å². The second-order valence-corrected chi connectivity index (χ2v) is 4.83. The van der Waals surface area contributed by atoms with Gasteiger partial charge in [-0.3, -0.25) is 0 Å². The van der Waals surface area contributed by atoms with Crippen LogP contribution in [-0.4, -0.2) is 16.5 Å². The average Bonchev–Trinajstić information content (AvgIpc) is 2.28.